The fourth-order valence-corrected chi connectivity index (χ4v) is 3.00. The van der Waals surface area contributed by atoms with Gasteiger partial charge in [-0.25, -0.2) is 4.98 Å². The molecular formula is C15H13BrN2OS. The van der Waals surface area contributed by atoms with E-state index in [9.17, 15) is 0 Å². The van der Waals surface area contributed by atoms with Gasteiger partial charge in [0.1, 0.15) is 11.5 Å². The van der Waals surface area contributed by atoms with Gasteiger partial charge in [0.25, 0.3) is 0 Å². The van der Waals surface area contributed by atoms with Gasteiger partial charge in [-0.15, -0.1) is 11.3 Å². The number of anilines is 1. The normalized spacial score (nSPS) is 10.7. The fraction of sp³-hybridized carbons (Fsp3) is 0.133. The third kappa shape index (κ3) is 2.94. The Morgan fingerprint density at radius 2 is 2.20 bits per heavy atom. The number of furan rings is 1. The monoisotopic (exact) mass is 348 g/mol. The summed E-state index contributed by atoms with van der Waals surface area (Å²) in [6.45, 7) is 2.72. The van der Waals surface area contributed by atoms with Gasteiger partial charge in [-0.3, -0.25) is 0 Å². The zero-order valence-electron chi connectivity index (χ0n) is 10.9. The van der Waals surface area contributed by atoms with Crippen molar-refractivity contribution in [3.63, 3.8) is 0 Å². The topological polar surface area (TPSA) is 38.1 Å². The molecule has 0 saturated carbocycles. The number of nitrogens with zero attached hydrogens (tertiary/aromatic N) is 1. The molecule has 0 atom stereocenters. The van der Waals surface area contributed by atoms with Gasteiger partial charge in [-0.2, -0.15) is 0 Å². The summed E-state index contributed by atoms with van der Waals surface area (Å²) in [6.07, 6.45) is 1.78. The van der Waals surface area contributed by atoms with Gasteiger partial charge in [0.05, 0.1) is 6.54 Å². The second-order valence-electron chi connectivity index (χ2n) is 4.42. The van der Waals surface area contributed by atoms with Crippen molar-refractivity contribution >= 4 is 32.4 Å². The van der Waals surface area contributed by atoms with Gasteiger partial charge in [0.15, 0.2) is 5.13 Å². The number of hydrogen-bond donors (Lipinski definition) is 1. The maximum Gasteiger partial charge on any atom is 0.182 e. The molecule has 2 aromatic heterocycles. The molecule has 2 heterocycles. The van der Waals surface area contributed by atoms with Crippen LogP contribution in [0.2, 0.25) is 0 Å². The van der Waals surface area contributed by atoms with Crippen molar-refractivity contribution in [2.24, 2.45) is 0 Å². The molecule has 1 aromatic carbocycles. The van der Waals surface area contributed by atoms with Crippen LogP contribution in [0.3, 0.4) is 0 Å². The molecule has 0 aliphatic carbocycles. The lowest BCUT2D eigenvalue weighted by atomic mass is 10.1. The lowest BCUT2D eigenvalue weighted by Gasteiger charge is -2.03. The zero-order chi connectivity index (χ0) is 13.9. The molecule has 20 heavy (non-hydrogen) atoms. The van der Waals surface area contributed by atoms with Gasteiger partial charge in [0.2, 0.25) is 0 Å². The zero-order valence-corrected chi connectivity index (χ0v) is 13.3. The SMILES string of the molecule is Cc1cc(Br)ccc1-c1ccc(CNc2nccs2)o1. The number of aromatic nitrogens is 1. The molecule has 0 fully saturated rings. The Hall–Kier alpha value is -1.59. The van der Waals surface area contributed by atoms with E-state index in [1.807, 2.05) is 23.6 Å². The third-order valence-corrected chi connectivity index (χ3v) is 4.19. The Labute approximate surface area is 129 Å². The molecule has 1 N–H and O–H groups in total. The molecule has 5 heteroatoms. The molecule has 3 aromatic rings. The highest BCUT2D eigenvalue weighted by Gasteiger charge is 2.08. The Bertz CT molecular complexity index is 706. The van der Waals surface area contributed by atoms with Gasteiger partial charge in [0, 0.05) is 21.6 Å². The first kappa shape index (κ1) is 13.4. The predicted octanol–water partition coefficient (Wildman–Crippen LogP) is 5.09. The van der Waals surface area contributed by atoms with Gasteiger partial charge in [-0.05, 0) is 42.8 Å². The van der Waals surface area contributed by atoms with Crippen LogP contribution in [-0.2, 0) is 6.54 Å². The molecule has 0 saturated heterocycles. The smallest absolute Gasteiger partial charge is 0.182 e. The van der Waals surface area contributed by atoms with Gasteiger partial charge >= 0.3 is 0 Å². The summed E-state index contributed by atoms with van der Waals surface area (Å²) in [5.74, 6) is 1.79. The second kappa shape index (κ2) is 5.81. The summed E-state index contributed by atoms with van der Waals surface area (Å²) < 4.78 is 6.97. The molecule has 0 radical (unpaired) electrons. The first-order valence-electron chi connectivity index (χ1n) is 6.21. The van der Waals surface area contributed by atoms with Gasteiger partial charge in [-0.1, -0.05) is 15.9 Å². The number of nitrogens with one attached hydrogen (secondary N) is 1. The summed E-state index contributed by atoms with van der Waals surface area (Å²) in [6, 6.07) is 10.2. The van der Waals surface area contributed by atoms with Crippen LogP contribution in [0, 0.1) is 6.92 Å². The van der Waals surface area contributed by atoms with Crippen LogP contribution < -0.4 is 5.32 Å². The van der Waals surface area contributed by atoms with Crippen LogP contribution in [0.1, 0.15) is 11.3 Å². The highest BCUT2D eigenvalue weighted by molar-refractivity contribution is 9.10. The van der Waals surface area contributed by atoms with E-state index in [1.54, 1.807) is 17.5 Å². The molecule has 0 spiro atoms. The Morgan fingerprint density at radius 3 is 2.95 bits per heavy atom. The van der Waals surface area contributed by atoms with Crippen molar-refractivity contribution in [2.75, 3.05) is 5.32 Å². The number of benzene rings is 1. The lowest BCUT2D eigenvalue weighted by Crippen LogP contribution is -1.96. The number of hydrogen-bond acceptors (Lipinski definition) is 4. The quantitative estimate of drug-likeness (QED) is 0.713. The predicted molar refractivity (Wildman–Crippen MR) is 86.0 cm³/mol. The molecule has 3 nitrogen and oxygen atoms in total. The van der Waals surface area contributed by atoms with Crippen LogP contribution in [0.15, 0.2) is 50.8 Å². The molecular weight excluding hydrogens is 336 g/mol. The molecule has 0 aliphatic heterocycles. The summed E-state index contributed by atoms with van der Waals surface area (Å²) in [4.78, 5) is 4.18. The Kier molecular flexibility index (Phi) is 3.89. The second-order valence-corrected chi connectivity index (χ2v) is 6.23. The van der Waals surface area contributed by atoms with Crippen LogP contribution in [0.25, 0.3) is 11.3 Å². The lowest BCUT2D eigenvalue weighted by molar-refractivity contribution is 0.531. The maximum atomic E-state index is 5.89. The van der Waals surface area contributed by atoms with Crippen molar-refractivity contribution in [1.29, 1.82) is 0 Å². The van der Waals surface area contributed by atoms with Crippen LogP contribution in [-0.4, -0.2) is 4.98 Å². The highest BCUT2D eigenvalue weighted by Crippen LogP contribution is 2.28. The van der Waals surface area contributed by atoms with Crippen LogP contribution in [0.4, 0.5) is 5.13 Å². The number of halogens is 1. The highest BCUT2D eigenvalue weighted by atomic mass is 79.9. The van der Waals surface area contributed by atoms with Crippen molar-refractivity contribution in [1.82, 2.24) is 4.98 Å². The average Bonchev–Trinajstić information content (AvgIpc) is 3.07. The van der Waals surface area contributed by atoms with E-state index in [-0.39, 0.29) is 0 Å². The van der Waals surface area contributed by atoms with Crippen molar-refractivity contribution < 1.29 is 4.42 Å². The average molecular weight is 349 g/mol. The first-order valence-corrected chi connectivity index (χ1v) is 7.88. The summed E-state index contributed by atoms with van der Waals surface area (Å²) in [5.41, 5.74) is 2.31. The Balaban J connectivity index is 1.76. The van der Waals surface area contributed by atoms with Crippen molar-refractivity contribution in [3.05, 3.63) is 57.7 Å². The van der Waals surface area contributed by atoms with E-state index in [0.29, 0.717) is 6.54 Å². The van der Waals surface area contributed by atoms with E-state index in [0.717, 1.165) is 26.7 Å². The summed E-state index contributed by atoms with van der Waals surface area (Å²) >= 11 is 5.05. The molecule has 3 rings (SSSR count). The van der Waals surface area contributed by atoms with E-state index in [1.165, 1.54) is 5.56 Å². The molecule has 0 unspecified atom stereocenters. The number of rotatable bonds is 4. The van der Waals surface area contributed by atoms with E-state index in [2.05, 4.69) is 45.3 Å². The Morgan fingerprint density at radius 1 is 1.30 bits per heavy atom. The fourth-order valence-electron chi connectivity index (χ4n) is 1.99. The molecule has 102 valence electrons. The minimum absolute atomic E-state index is 0.642. The molecule has 0 bridgehead atoms. The van der Waals surface area contributed by atoms with Crippen LogP contribution >= 0.6 is 27.3 Å². The third-order valence-electron chi connectivity index (χ3n) is 2.96. The minimum Gasteiger partial charge on any atom is -0.459 e. The van der Waals surface area contributed by atoms with Crippen LogP contribution in [0.5, 0.6) is 0 Å². The number of thiazole rings is 1. The summed E-state index contributed by atoms with van der Waals surface area (Å²) in [7, 11) is 0. The minimum atomic E-state index is 0.642. The standard InChI is InChI=1S/C15H13BrN2OS/c1-10-8-11(16)2-4-13(10)14-5-3-12(19-14)9-18-15-17-6-7-20-15/h2-8H,9H2,1H3,(H,17,18). The van der Waals surface area contributed by atoms with Crippen molar-refractivity contribution in [2.45, 2.75) is 13.5 Å². The van der Waals surface area contributed by atoms with Gasteiger partial charge < -0.3 is 9.73 Å². The first-order chi connectivity index (χ1) is 9.72. The largest absolute Gasteiger partial charge is 0.459 e. The van der Waals surface area contributed by atoms with Crippen molar-refractivity contribution in [3.8, 4) is 11.3 Å². The maximum absolute atomic E-state index is 5.89. The van der Waals surface area contributed by atoms with E-state index >= 15 is 0 Å². The van der Waals surface area contributed by atoms with E-state index in [4.69, 9.17) is 4.42 Å². The number of aryl methyl sites for hydroxylation is 1. The van der Waals surface area contributed by atoms with E-state index < -0.39 is 0 Å². The molecule has 0 aliphatic rings. The summed E-state index contributed by atoms with van der Waals surface area (Å²) in [5, 5.41) is 6.09. The molecule has 0 amide bonds.